The van der Waals surface area contributed by atoms with Crippen molar-refractivity contribution in [1.82, 2.24) is 20.5 Å². The first-order valence-electron chi connectivity index (χ1n) is 9.77. The van der Waals surface area contributed by atoms with Crippen LogP contribution in [0.5, 0.6) is 0 Å². The Balaban J connectivity index is 1.48. The smallest absolute Gasteiger partial charge is 0.337 e. The molecule has 1 aliphatic carbocycles. The number of aromatic amines is 1. The first-order valence-corrected chi connectivity index (χ1v) is 10.7. The molecule has 3 N–H and O–H groups in total. The number of hydrogen-bond acceptors (Lipinski definition) is 7. The second-order valence-electron chi connectivity index (χ2n) is 7.18. The molecule has 2 heterocycles. The van der Waals surface area contributed by atoms with Crippen LogP contribution < -0.4 is 10.6 Å². The molecule has 0 fully saturated rings. The lowest BCUT2D eigenvalue weighted by Gasteiger charge is -2.11. The Morgan fingerprint density at radius 2 is 2.10 bits per heavy atom. The average Bonchev–Trinajstić information content (AvgIpc) is 3.49. The number of thiazole rings is 1. The zero-order valence-corrected chi connectivity index (χ0v) is 17.7. The summed E-state index contributed by atoms with van der Waals surface area (Å²) in [6.45, 7) is 0.167. The van der Waals surface area contributed by atoms with Crippen LogP contribution in [-0.2, 0) is 35.3 Å². The normalized spacial score (nSPS) is 12.3. The van der Waals surface area contributed by atoms with E-state index in [9.17, 15) is 14.4 Å². The van der Waals surface area contributed by atoms with Crippen molar-refractivity contribution in [2.75, 3.05) is 12.4 Å². The van der Waals surface area contributed by atoms with Gasteiger partial charge in [-0.1, -0.05) is 0 Å². The number of aromatic nitrogens is 3. The number of benzene rings is 1. The molecule has 0 spiro atoms. The van der Waals surface area contributed by atoms with Crippen LogP contribution in [0.2, 0.25) is 0 Å². The van der Waals surface area contributed by atoms with Crippen LogP contribution in [0, 0.1) is 0 Å². The molecule has 0 saturated carbocycles. The fourth-order valence-electron chi connectivity index (χ4n) is 3.57. The van der Waals surface area contributed by atoms with Crippen LogP contribution in [0.15, 0.2) is 29.1 Å². The highest BCUT2D eigenvalue weighted by Gasteiger charge is 2.23. The van der Waals surface area contributed by atoms with Crippen LogP contribution in [0.1, 0.15) is 49.8 Å². The number of fused-ring (bicyclic) bond motifs is 1. The molecule has 9 nitrogen and oxygen atoms in total. The summed E-state index contributed by atoms with van der Waals surface area (Å²) in [6.07, 6.45) is 2.87. The van der Waals surface area contributed by atoms with Crippen LogP contribution in [0.3, 0.4) is 0 Å². The van der Waals surface area contributed by atoms with E-state index in [1.54, 1.807) is 23.0 Å². The molecule has 0 atom stereocenters. The number of aryl methyl sites for hydroxylation is 1. The second kappa shape index (κ2) is 9.09. The van der Waals surface area contributed by atoms with Gasteiger partial charge in [0.15, 0.2) is 5.69 Å². The average molecular weight is 439 g/mol. The van der Waals surface area contributed by atoms with Gasteiger partial charge >= 0.3 is 5.97 Å². The van der Waals surface area contributed by atoms with Gasteiger partial charge in [-0.15, -0.1) is 11.3 Å². The number of carbonyl (C=O) groups is 3. The van der Waals surface area contributed by atoms with Gasteiger partial charge < -0.3 is 15.4 Å². The zero-order chi connectivity index (χ0) is 21.8. The van der Waals surface area contributed by atoms with Gasteiger partial charge in [0.25, 0.3) is 5.91 Å². The number of hydrogen-bond donors (Lipinski definition) is 3. The Morgan fingerprint density at radius 1 is 1.23 bits per heavy atom. The van der Waals surface area contributed by atoms with Crippen molar-refractivity contribution in [1.29, 1.82) is 0 Å². The Bertz CT molecular complexity index is 1120. The zero-order valence-electron chi connectivity index (χ0n) is 16.9. The van der Waals surface area contributed by atoms with E-state index in [0.29, 0.717) is 22.6 Å². The summed E-state index contributed by atoms with van der Waals surface area (Å²) in [7, 11) is 1.29. The van der Waals surface area contributed by atoms with Crippen LogP contribution in [-0.4, -0.2) is 40.1 Å². The second-order valence-corrected chi connectivity index (χ2v) is 7.90. The van der Waals surface area contributed by atoms with E-state index in [1.807, 2.05) is 0 Å². The van der Waals surface area contributed by atoms with Crippen molar-refractivity contribution in [2.24, 2.45) is 0 Å². The van der Waals surface area contributed by atoms with E-state index in [4.69, 9.17) is 4.74 Å². The Morgan fingerprint density at radius 3 is 2.87 bits per heavy atom. The number of methoxy groups -OCH3 is 1. The highest BCUT2D eigenvalue weighted by molar-refractivity contribution is 7.07. The minimum absolute atomic E-state index is 0.127. The van der Waals surface area contributed by atoms with Crippen LogP contribution in [0.4, 0.5) is 5.69 Å². The van der Waals surface area contributed by atoms with Gasteiger partial charge in [0, 0.05) is 28.9 Å². The molecule has 1 aromatic carbocycles. The summed E-state index contributed by atoms with van der Waals surface area (Å²) in [5.41, 5.74) is 6.09. The van der Waals surface area contributed by atoms with Gasteiger partial charge in [-0.3, -0.25) is 14.7 Å². The number of H-pyrrole nitrogens is 1. The Labute approximate surface area is 182 Å². The van der Waals surface area contributed by atoms with E-state index < -0.39 is 5.97 Å². The summed E-state index contributed by atoms with van der Waals surface area (Å²) < 4.78 is 4.81. The number of rotatable bonds is 7. The van der Waals surface area contributed by atoms with E-state index in [2.05, 4.69) is 25.8 Å². The maximum absolute atomic E-state index is 12.6. The molecule has 31 heavy (non-hydrogen) atoms. The molecule has 1 aliphatic rings. The lowest BCUT2D eigenvalue weighted by atomic mass is 10.1. The van der Waals surface area contributed by atoms with Gasteiger partial charge in [0.1, 0.15) is 0 Å². The molecular weight excluding hydrogens is 418 g/mol. The molecule has 3 aromatic rings. The number of anilines is 1. The number of amides is 2. The minimum Gasteiger partial charge on any atom is -0.465 e. The molecule has 0 aliphatic heterocycles. The lowest BCUT2D eigenvalue weighted by molar-refractivity contribution is -0.115. The minimum atomic E-state index is -0.534. The van der Waals surface area contributed by atoms with Crippen molar-refractivity contribution in [2.45, 2.75) is 32.2 Å². The number of nitrogens with zero attached hydrogens (tertiary/aromatic N) is 2. The summed E-state index contributed by atoms with van der Waals surface area (Å²) in [6, 6.07) is 4.87. The molecule has 2 amide bonds. The Kier molecular flexibility index (Phi) is 6.08. The molecule has 0 radical (unpaired) electrons. The predicted molar refractivity (Wildman–Crippen MR) is 114 cm³/mol. The van der Waals surface area contributed by atoms with Gasteiger partial charge in [-0.2, -0.15) is 5.10 Å². The van der Waals surface area contributed by atoms with Crippen LogP contribution in [0.25, 0.3) is 0 Å². The van der Waals surface area contributed by atoms with Crippen molar-refractivity contribution in [3.8, 4) is 0 Å². The van der Waals surface area contributed by atoms with Crippen molar-refractivity contribution in [3.05, 3.63) is 62.9 Å². The van der Waals surface area contributed by atoms with Crippen LogP contribution >= 0.6 is 11.3 Å². The third kappa shape index (κ3) is 4.80. The molecule has 4 rings (SSSR count). The molecule has 2 aromatic heterocycles. The molecule has 0 bridgehead atoms. The van der Waals surface area contributed by atoms with E-state index in [1.165, 1.54) is 24.5 Å². The topological polar surface area (TPSA) is 126 Å². The first kappa shape index (κ1) is 20.7. The number of esters is 1. The largest absolute Gasteiger partial charge is 0.465 e. The predicted octanol–water partition coefficient (Wildman–Crippen LogP) is 2.25. The highest BCUT2D eigenvalue weighted by atomic mass is 32.1. The number of nitrogens with one attached hydrogen (secondary N) is 3. The van der Waals surface area contributed by atoms with Crippen molar-refractivity contribution >= 4 is 34.8 Å². The maximum atomic E-state index is 12.6. The molecule has 10 heteroatoms. The number of carbonyl (C=O) groups excluding carboxylic acids is 3. The summed E-state index contributed by atoms with van der Waals surface area (Å²) >= 11 is 1.42. The molecule has 0 saturated heterocycles. The third-order valence-electron chi connectivity index (χ3n) is 5.00. The molecule has 160 valence electrons. The van der Waals surface area contributed by atoms with Crippen molar-refractivity contribution in [3.63, 3.8) is 0 Å². The van der Waals surface area contributed by atoms with Gasteiger partial charge in [0.2, 0.25) is 5.91 Å². The summed E-state index contributed by atoms with van der Waals surface area (Å²) in [5, 5.41) is 14.5. The lowest BCUT2D eigenvalue weighted by Crippen LogP contribution is -2.24. The summed E-state index contributed by atoms with van der Waals surface area (Å²) in [5.74, 6) is -1.07. The first-order chi connectivity index (χ1) is 15.0. The highest BCUT2D eigenvalue weighted by Crippen LogP contribution is 2.23. The van der Waals surface area contributed by atoms with Gasteiger partial charge in [-0.25, -0.2) is 9.78 Å². The molecular formula is C21H21N5O4S. The quantitative estimate of drug-likeness (QED) is 0.485. The van der Waals surface area contributed by atoms with E-state index in [-0.39, 0.29) is 30.3 Å². The molecule has 0 unspecified atom stereocenters. The number of ether oxygens (including phenoxy) is 1. The third-order valence-corrected chi connectivity index (χ3v) is 5.63. The standard InChI is InChI=1S/C21H21N5O4S/c1-30-21(29)13-5-12(6-14(7-13)24-18(27)8-15-10-31-11-23-15)9-22-20(28)19-16-3-2-4-17(16)25-26-19/h5-7,10-11H,2-4,8-9H2,1H3,(H,22,28)(H,24,27)(H,25,26). The van der Waals surface area contributed by atoms with Gasteiger partial charge in [0.05, 0.1) is 30.3 Å². The van der Waals surface area contributed by atoms with Crippen molar-refractivity contribution < 1.29 is 19.1 Å². The Hall–Kier alpha value is -3.53. The fraction of sp³-hybridized carbons (Fsp3) is 0.286. The van der Waals surface area contributed by atoms with Gasteiger partial charge in [-0.05, 0) is 43.0 Å². The van der Waals surface area contributed by atoms with E-state index >= 15 is 0 Å². The maximum Gasteiger partial charge on any atom is 0.337 e. The monoisotopic (exact) mass is 439 g/mol. The van der Waals surface area contributed by atoms with E-state index in [0.717, 1.165) is 30.5 Å². The SMILES string of the molecule is COC(=O)c1cc(CNC(=O)c2n[nH]c3c2CCC3)cc(NC(=O)Cc2cscn2)c1. The fourth-order valence-corrected chi connectivity index (χ4v) is 4.13. The summed E-state index contributed by atoms with van der Waals surface area (Å²) in [4.78, 5) is 41.1.